The van der Waals surface area contributed by atoms with Crippen molar-refractivity contribution in [1.29, 1.82) is 0 Å². The molecule has 4 N–H and O–H groups in total. The van der Waals surface area contributed by atoms with Gasteiger partial charge in [0.1, 0.15) is 6.04 Å². The van der Waals surface area contributed by atoms with E-state index in [9.17, 15) is 19.8 Å². The minimum absolute atomic E-state index is 0.00362. The molecule has 0 aliphatic rings. The van der Waals surface area contributed by atoms with Gasteiger partial charge in [-0.3, -0.25) is 9.59 Å². The molecule has 2 rings (SSSR count). The summed E-state index contributed by atoms with van der Waals surface area (Å²) in [4.78, 5) is 25.3. The highest BCUT2D eigenvalue weighted by molar-refractivity contribution is 5.97. The van der Waals surface area contributed by atoms with Crippen LogP contribution in [0.2, 0.25) is 0 Å². The molecule has 6 heteroatoms. The molecule has 0 aliphatic heterocycles. The van der Waals surface area contributed by atoms with Gasteiger partial charge in [-0.1, -0.05) is 52.8 Å². The Kier molecular flexibility index (Phi) is 7.48. The molecule has 2 amide bonds. The van der Waals surface area contributed by atoms with Crippen molar-refractivity contribution in [3.63, 3.8) is 0 Å². The van der Waals surface area contributed by atoms with Gasteiger partial charge in [0.25, 0.3) is 5.91 Å². The average Bonchev–Trinajstić information content (AvgIpc) is 2.67. The minimum Gasteiger partial charge on any atom is -0.504 e. The Morgan fingerprint density at radius 1 is 0.967 bits per heavy atom. The fourth-order valence-electron chi connectivity index (χ4n) is 3.05. The van der Waals surface area contributed by atoms with Crippen LogP contribution in [-0.2, 0) is 16.6 Å². The van der Waals surface area contributed by atoms with E-state index >= 15 is 0 Å². The lowest BCUT2D eigenvalue weighted by molar-refractivity contribution is -0.123. The molecule has 0 radical (unpaired) electrons. The number of carbonyl (C=O) groups excluding carboxylic acids is 2. The van der Waals surface area contributed by atoms with Crippen LogP contribution in [0.4, 0.5) is 0 Å². The third-order valence-corrected chi connectivity index (χ3v) is 5.00. The van der Waals surface area contributed by atoms with Crippen LogP contribution in [0.25, 0.3) is 0 Å². The van der Waals surface area contributed by atoms with Gasteiger partial charge in [0.15, 0.2) is 11.5 Å². The highest BCUT2D eigenvalue weighted by Crippen LogP contribution is 2.25. The first-order valence-electron chi connectivity index (χ1n) is 10.2. The van der Waals surface area contributed by atoms with E-state index in [1.165, 1.54) is 12.1 Å². The molecule has 0 heterocycles. The molecule has 2 aromatic carbocycles. The summed E-state index contributed by atoms with van der Waals surface area (Å²) in [6, 6.07) is 11.3. The quantitative estimate of drug-likeness (QED) is 0.523. The molecule has 0 aromatic heterocycles. The highest BCUT2D eigenvalue weighted by atomic mass is 16.3. The normalized spacial score (nSPS) is 12.5. The molecular formula is C24H32N2O4. The molecule has 0 bridgehead atoms. The number of hydrogen-bond acceptors (Lipinski definition) is 4. The fraction of sp³-hybridized carbons (Fsp3) is 0.417. The van der Waals surface area contributed by atoms with Gasteiger partial charge >= 0.3 is 0 Å². The summed E-state index contributed by atoms with van der Waals surface area (Å²) in [5.41, 5.74) is 2.44. The first-order valence-corrected chi connectivity index (χ1v) is 10.2. The van der Waals surface area contributed by atoms with Crippen molar-refractivity contribution >= 4 is 11.8 Å². The summed E-state index contributed by atoms with van der Waals surface area (Å²) >= 11 is 0. The molecule has 0 saturated heterocycles. The van der Waals surface area contributed by atoms with Crippen molar-refractivity contribution in [2.45, 2.75) is 52.5 Å². The topological polar surface area (TPSA) is 98.7 Å². The van der Waals surface area contributed by atoms with E-state index in [4.69, 9.17) is 0 Å². The van der Waals surface area contributed by atoms with Gasteiger partial charge < -0.3 is 20.8 Å². The molecule has 162 valence electrons. The first kappa shape index (κ1) is 23.3. The Morgan fingerprint density at radius 3 is 2.13 bits per heavy atom. The maximum absolute atomic E-state index is 12.6. The maximum atomic E-state index is 12.6. The van der Waals surface area contributed by atoms with E-state index in [-0.39, 0.29) is 34.6 Å². The van der Waals surface area contributed by atoms with Crippen LogP contribution >= 0.6 is 0 Å². The van der Waals surface area contributed by atoms with Crippen LogP contribution in [0.5, 0.6) is 11.5 Å². The van der Waals surface area contributed by atoms with Crippen molar-refractivity contribution in [2.24, 2.45) is 5.92 Å². The average molecular weight is 413 g/mol. The lowest BCUT2D eigenvalue weighted by Crippen LogP contribution is -2.50. The zero-order valence-electron chi connectivity index (χ0n) is 18.3. The first-order chi connectivity index (χ1) is 14.0. The Bertz CT molecular complexity index is 883. The molecule has 30 heavy (non-hydrogen) atoms. The van der Waals surface area contributed by atoms with Crippen LogP contribution in [0, 0.1) is 5.92 Å². The number of rotatable bonds is 7. The summed E-state index contributed by atoms with van der Waals surface area (Å²) < 4.78 is 0. The highest BCUT2D eigenvalue weighted by Gasteiger charge is 2.24. The second-order valence-corrected chi connectivity index (χ2v) is 8.89. The largest absolute Gasteiger partial charge is 0.504 e. The Morgan fingerprint density at radius 2 is 1.60 bits per heavy atom. The standard InChI is InChI=1S/C24H32N2O4/c1-15(2)21(23(30)25-13-12-16-6-11-19(27)20(28)14-16)26-22(29)17-7-9-18(10-8-17)24(3,4)5/h6-11,14-15,21,27-28H,12-13H2,1-5H3,(H,25,30)(H,26,29). The third kappa shape index (κ3) is 6.24. The monoisotopic (exact) mass is 412 g/mol. The van der Waals surface area contributed by atoms with Crippen LogP contribution in [0.3, 0.4) is 0 Å². The Labute approximate surface area is 178 Å². The van der Waals surface area contributed by atoms with Crippen LogP contribution in [0.15, 0.2) is 42.5 Å². The van der Waals surface area contributed by atoms with Crippen molar-refractivity contribution in [3.05, 3.63) is 59.2 Å². The number of hydrogen-bond donors (Lipinski definition) is 4. The van der Waals surface area contributed by atoms with E-state index in [1.54, 1.807) is 18.2 Å². The second kappa shape index (κ2) is 9.65. The van der Waals surface area contributed by atoms with Gasteiger partial charge in [-0.15, -0.1) is 0 Å². The van der Waals surface area contributed by atoms with E-state index in [0.29, 0.717) is 18.5 Å². The van der Waals surface area contributed by atoms with Crippen molar-refractivity contribution < 1.29 is 19.8 Å². The predicted octanol–water partition coefficient (Wildman–Crippen LogP) is 3.51. The summed E-state index contributed by atoms with van der Waals surface area (Å²) in [6.45, 7) is 10.4. The Hall–Kier alpha value is -3.02. The molecular weight excluding hydrogens is 380 g/mol. The van der Waals surface area contributed by atoms with Crippen molar-refractivity contribution in [2.75, 3.05) is 6.54 Å². The maximum Gasteiger partial charge on any atom is 0.251 e. The molecule has 2 aromatic rings. The lowest BCUT2D eigenvalue weighted by Gasteiger charge is -2.22. The summed E-state index contributed by atoms with van der Waals surface area (Å²) in [7, 11) is 0. The zero-order valence-corrected chi connectivity index (χ0v) is 18.3. The van der Waals surface area contributed by atoms with Gasteiger partial charge in [-0.2, -0.15) is 0 Å². The Balaban J connectivity index is 1.96. The van der Waals surface area contributed by atoms with Crippen LogP contribution in [-0.4, -0.2) is 34.6 Å². The fourth-order valence-corrected chi connectivity index (χ4v) is 3.05. The number of phenolic OH excluding ortho intramolecular Hbond substituents is 2. The molecule has 1 unspecified atom stereocenters. The minimum atomic E-state index is -0.659. The molecule has 0 saturated carbocycles. The van der Waals surface area contributed by atoms with Crippen molar-refractivity contribution in [3.8, 4) is 11.5 Å². The van der Waals surface area contributed by atoms with E-state index < -0.39 is 6.04 Å². The van der Waals surface area contributed by atoms with Crippen LogP contribution < -0.4 is 10.6 Å². The lowest BCUT2D eigenvalue weighted by atomic mass is 9.86. The number of carbonyl (C=O) groups is 2. The molecule has 0 fully saturated rings. The third-order valence-electron chi connectivity index (χ3n) is 5.00. The van der Waals surface area contributed by atoms with Gasteiger partial charge in [0.05, 0.1) is 0 Å². The predicted molar refractivity (Wildman–Crippen MR) is 118 cm³/mol. The number of benzene rings is 2. The summed E-state index contributed by atoms with van der Waals surface area (Å²) in [6.07, 6.45) is 0.493. The number of amides is 2. The van der Waals surface area contributed by atoms with E-state index in [1.807, 2.05) is 26.0 Å². The zero-order chi connectivity index (χ0) is 22.5. The van der Waals surface area contributed by atoms with E-state index in [0.717, 1.165) is 11.1 Å². The molecule has 0 aliphatic carbocycles. The number of aromatic hydroxyl groups is 2. The van der Waals surface area contributed by atoms with Gasteiger partial charge in [0, 0.05) is 12.1 Å². The molecule has 1 atom stereocenters. The van der Waals surface area contributed by atoms with Crippen molar-refractivity contribution in [1.82, 2.24) is 10.6 Å². The number of phenols is 2. The SMILES string of the molecule is CC(C)C(NC(=O)c1ccc(C(C)(C)C)cc1)C(=O)NCCc1ccc(O)c(O)c1. The van der Waals surface area contributed by atoms with E-state index in [2.05, 4.69) is 31.4 Å². The summed E-state index contributed by atoms with van der Waals surface area (Å²) in [5, 5.41) is 24.6. The second-order valence-electron chi connectivity index (χ2n) is 8.89. The summed E-state index contributed by atoms with van der Waals surface area (Å²) in [5.74, 6) is -0.995. The van der Waals surface area contributed by atoms with Crippen LogP contribution in [0.1, 0.15) is 56.1 Å². The van der Waals surface area contributed by atoms with Gasteiger partial charge in [-0.25, -0.2) is 0 Å². The molecule has 0 spiro atoms. The smallest absolute Gasteiger partial charge is 0.251 e. The molecule has 6 nitrogen and oxygen atoms in total. The van der Waals surface area contributed by atoms with Gasteiger partial charge in [-0.05, 0) is 53.1 Å². The van der Waals surface area contributed by atoms with Gasteiger partial charge in [0.2, 0.25) is 5.91 Å². The number of nitrogens with one attached hydrogen (secondary N) is 2.